The Balaban J connectivity index is 1.37. The van der Waals surface area contributed by atoms with E-state index in [1.54, 1.807) is 17.4 Å². The molecule has 2 bridgehead atoms. The standard InChI is InChI=1S/C19H22FN3OS/c20-15-9-12(16-2-1-7-25-16)4-3-11(15)10-17(21)23-19(24)18-13-5-6-14(8-13)22-18/h1-4,7,9,13-14,17-18,22H,5-6,8,10,21H2,(H,23,24). The van der Waals surface area contributed by atoms with Gasteiger partial charge in [-0.1, -0.05) is 18.2 Å². The van der Waals surface area contributed by atoms with Crippen molar-refractivity contribution in [2.24, 2.45) is 11.7 Å². The number of nitrogens with two attached hydrogens (primary N) is 1. The number of halogens is 1. The fraction of sp³-hybridized carbons (Fsp3) is 0.421. The summed E-state index contributed by atoms with van der Waals surface area (Å²) < 4.78 is 14.4. The van der Waals surface area contributed by atoms with Crippen LogP contribution >= 0.6 is 11.3 Å². The summed E-state index contributed by atoms with van der Waals surface area (Å²) in [7, 11) is 0. The highest BCUT2D eigenvalue weighted by atomic mass is 32.1. The average molecular weight is 359 g/mol. The van der Waals surface area contributed by atoms with Gasteiger partial charge in [0.2, 0.25) is 5.91 Å². The molecule has 132 valence electrons. The molecule has 2 heterocycles. The van der Waals surface area contributed by atoms with Crippen molar-refractivity contribution in [3.05, 3.63) is 47.1 Å². The molecular weight excluding hydrogens is 337 g/mol. The van der Waals surface area contributed by atoms with Crippen LogP contribution in [0, 0.1) is 11.7 Å². The maximum atomic E-state index is 14.4. The summed E-state index contributed by atoms with van der Waals surface area (Å²) in [5, 5.41) is 8.16. The lowest BCUT2D eigenvalue weighted by atomic mass is 9.99. The number of benzene rings is 1. The Bertz CT molecular complexity index is 764. The van der Waals surface area contributed by atoms with Crippen molar-refractivity contribution in [1.29, 1.82) is 0 Å². The number of amides is 1. The van der Waals surface area contributed by atoms with Crippen molar-refractivity contribution in [2.45, 2.75) is 43.9 Å². The Kier molecular flexibility index (Phi) is 4.58. The van der Waals surface area contributed by atoms with E-state index < -0.39 is 6.17 Å². The molecule has 1 aliphatic heterocycles. The van der Waals surface area contributed by atoms with E-state index in [-0.39, 0.29) is 24.2 Å². The SMILES string of the molecule is NC(Cc1ccc(-c2cccs2)cc1F)NC(=O)C1NC2CCC1C2. The smallest absolute Gasteiger partial charge is 0.238 e. The molecule has 4 rings (SSSR count). The lowest BCUT2D eigenvalue weighted by Gasteiger charge is -2.24. The van der Waals surface area contributed by atoms with E-state index in [0.29, 0.717) is 17.5 Å². The second-order valence-electron chi connectivity index (χ2n) is 7.02. The summed E-state index contributed by atoms with van der Waals surface area (Å²) in [6.45, 7) is 0. The van der Waals surface area contributed by atoms with Gasteiger partial charge in [0.05, 0.1) is 12.2 Å². The first-order chi connectivity index (χ1) is 12.1. The number of hydrogen-bond acceptors (Lipinski definition) is 4. The van der Waals surface area contributed by atoms with E-state index in [9.17, 15) is 9.18 Å². The van der Waals surface area contributed by atoms with Gasteiger partial charge in [-0.15, -0.1) is 11.3 Å². The van der Waals surface area contributed by atoms with E-state index in [4.69, 9.17) is 5.73 Å². The molecule has 2 fully saturated rings. The van der Waals surface area contributed by atoms with Crippen LogP contribution in [0.25, 0.3) is 10.4 Å². The number of piperidine rings is 1. The van der Waals surface area contributed by atoms with Crippen molar-refractivity contribution in [1.82, 2.24) is 10.6 Å². The molecule has 1 aromatic heterocycles. The Morgan fingerprint density at radius 1 is 1.40 bits per heavy atom. The summed E-state index contributed by atoms with van der Waals surface area (Å²) in [6, 6.07) is 9.43. The van der Waals surface area contributed by atoms with Crippen LogP contribution in [0.4, 0.5) is 4.39 Å². The molecule has 25 heavy (non-hydrogen) atoms. The first kappa shape index (κ1) is 16.7. The maximum absolute atomic E-state index is 14.4. The van der Waals surface area contributed by atoms with E-state index in [1.165, 1.54) is 6.07 Å². The second kappa shape index (κ2) is 6.86. The van der Waals surface area contributed by atoms with Gasteiger partial charge in [0, 0.05) is 17.3 Å². The summed E-state index contributed by atoms with van der Waals surface area (Å²) in [4.78, 5) is 13.4. The highest BCUT2D eigenvalue weighted by Crippen LogP contribution is 2.35. The Morgan fingerprint density at radius 2 is 2.28 bits per heavy atom. The number of carbonyl (C=O) groups excluding carboxylic acids is 1. The third kappa shape index (κ3) is 3.47. The van der Waals surface area contributed by atoms with Crippen LogP contribution in [0.15, 0.2) is 35.7 Å². The largest absolute Gasteiger partial charge is 0.339 e. The first-order valence-corrected chi connectivity index (χ1v) is 9.62. The normalized spacial score (nSPS) is 25.9. The third-order valence-corrected chi connectivity index (χ3v) is 6.19. The molecule has 0 spiro atoms. The highest BCUT2D eigenvalue weighted by molar-refractivity contribution is 7.13. The van der Waals surface area contributed by atoms with Gasteiger partial charge >= 0.3 is 0 Å². The molecule has 6 heteroatoms. The molecule has 4 nitrogen and oxygen atoms in total. The van der Waals surface area contributed by atoms with Crippen molar-refractivity contribution < 1.29 is 9.18 Å². The highest BCUT2D eigenvalue weighted by Gasteiger charge is 2.42. The predicted octanol–water partition coefficient (Wildman–Crippen LogP) is 2.64. The van der Waals surface area contributed by atoms with Gasteiger partial charge in [-0.2, -0.15) is 0 Å². The van der Waals surface area contributed by atoms with E-state index in [1.807, 2.05) is 23.6 Å². The van der Waals surface area contributed by atoms with Gasteiger partial charge in [0.15, 0.2) is 0 Å². The average Bonchev–Trinajstić information content (AvgIpc) is 3.34. The van der Waals surface area contributed by atoms with E-state index in [2.05, 4.69) is 10.6 Å². The van der Waals surface area contributed by atoms with E-state index >= 15 is 0 Å². The van der Waals surface area contributed by atoms with Crippen molar-refractivity contribution >= 4 is 17.2 Å². The zero-order valence-corrected chi connectivity index (χ0v) is 14.7. The van der Waals surface area contributed by atoms with Crippen LogP contribution in [0.3, 0.4) is 0 Å². The van der Waals surface area contributed by atoms with Gasteiger partial charge in [0.1, 0.15) is 5.82 Å². The molecule has 1 saturated carbocycles. The molecule has 1 amide bonds. The maximum Gasteiger partial charge on any atom is 0.238 e. The number of thiophene rings is 1. The van der Waals surface area contributed by atoms with Crippen LogP contribution in [-0.2, 0) is 11.2 Å². The lowest BCUT2D eigenvalue weighted by Crippen LogP contribution is -2.53. The van der Waals surface area contributed by atoms with Crippen molar-refractivity contribution in [3.8, 4) is 10.4 Å². The zero-order valence-electron chi connectivity index (χ0n) is 13.9. The molecule has 2 aliphatic rings. The number of fused-ring (bicyclic) bond motifs is 2. The first-order valence-electron chi connectivity index (χ1n) is 8.74. The van der Waals surface area contributed by atoms with Gasteiger partial charge in [-0.3, -0.25) is 4.79 Å². The van der Waals surface area contributed by atoms with E-state index in [0.717, 1.165) is 29.7 Å². The zero-order chi connectivity index (χ0) is 17.4. The molecule has 0 radical (unpaired) electrons. The molecule has 4 unspecified atom stereocenters. The van der Waals surface area contributed by atoms with Crippen molar-refractivity contribution in [2.75, 3.05) is 0 Å². The Hall–Kier alpha value is -1.76. The van der Waals surface area contributed by atoms with Gasteiger partial charge < -0.3 is 16.4 Å². The second-order valence-corrected chi connectivity index (χ2v) is 7.96. The van der Waals surface area contributed by atoms with Crippen LogP contribution in [0.5, 0.6) is 0 Å². The number of carbonyl (C=O) groups is 1. The fourth-order valence-corrected chi connectivity index (χ4v) is 4.74. The Labute approximate surface area is 150 Å². The van der Waals surface area contributed by atoms with Gasteiger partial charge in [0.25, 0.3) is 0 Å². The predicted molar refractivity (Wildman–Crippen MR) is 97.6 cm³/mol. The van der Waals surface area contributed by atoms with Gasteiger partial charge in [-0.05, 0) is 53.8 Å². The topological polar surface area (TPSA) is 67.1 Å². The monoisotopic (exact) mass is 359 g/mol. The summed E-state index contributed by atoms with van der Waals surface area (Å²) in [6.07, 6.45) is 3.02. The summed E-state index contributed by atoms with van der Waals surface area (Å²) in [5.74, 6) is 0.0722. The molecule has 4 N–H and O–H groups in total. The minimum absolute atomic E-state index is 0.0599. The Morgan fingerprint density at radius 3 is 2.92 bits per heavy atom. The number of nitrogens with one attached hydrogen (secondary N) is 2. The minimum Gasteiger partial charge on any atom is -0.339 e. The van der Waals surface area contributed by atoms with Crippen LogP contribution < -0.4 is 16.4 Å². The summed E-state index contributed by atoms with van der Waals surface area (Å²) >= 11 is 1.58. The van der Waals surface area contributed by atoms with Crippen LogP contribution in [-0.4, -0.2) is 24.2 Å². The quantitative estimate of drug-likeness (QED) is 0.719. The molecule has 1 aliphatic carbocycles. The van der Waals surface area contributed by atoms with Crippen LogP contribution in [0.1, 0.15) is 24.8 Å². The third-order valence-electron chi connectivity index (χ3n) is 5.27. The summed E-state index contributed by atoms with van der Waals surface area (Å²) in [5.41, 5.74) is 7.43. The number of rotatable bonds is 5. The number of hydrogen-bond donors (Lipinski definition) is 3. The minimum atomic E-state index is -0.587. The van der Waals surface area contributed by atoms with Gasteiger partial charge in [-0.25, -0.2) is 4.39 Å². The molecule has 1 saturated heterocycles. The van der Waals surface area contributed by atoms with Crippen molar-refractivity contribution in [3.63, 3.8) is 0 Å². The fourth-order valence-electron chi connectivity index (χ4n) is 4.02. The lowest BCUT2D eigenvalue weighted by molar-refractivity contribution is -0.124. The molecule has 1 aromatic carbocycles. The van der Waals surface area contributed by atoms with Crippen LogP contribution in [0.2, 0.25) is 0 Å². The molecule has 4 atom stereocenters. The molecular formula is C19H22FN3OS. The molecule has 2 aromatic rings.